The van der Waals surface area contributed by atoms with Crippen LogP contribution >= 0.6 is 11.6 Å². The SMILES string of the molecule is CCC(Cl)c1cc(F)cc(F)c1. The number of rotatable bonds is 2. The van der Waals surface area contributed by atoms with Crippen molar-refractivity contribution in [2.45, 2.75) is 18.7 Å². The third kappa shape index (κ3) is 2.18. The first-order chi connectivity index (χ1) is 5.63. The molecule has 0 aliphatic carbocycles. The molecule has 1 aromatic rings. The lowest BCUT2D eigenvalue weighted by atomic mass is 10.1. The van der Waals surface area contributed by atoms with E-state index in [9.17, 15) is 8.78 Å². The van der Waals surface area contributed by atoms with Crippen molar-refractivity contribution in [3.05, 3.63) is 35.4 Å². The number of hydrogen-bond donors (Lipinski definition) is 0. The van der Waals surface area contributed by atoms with Crippen LogP contribution in [0.3, 0.4) is 0 Å². The Labute approximate surface area is 75.2 Å². The summed E-state index contributed by atoms with van der Waals surface area (Å²) in [7, 11) is 0. The second-order valence-corrected chi connectivity index (χ2v) is 3.11. The molecule has 0 bridgehead atoms. The van der Waals surface area contributed by atoms with Crippen LogP contribution < -0.4 is 0 Å². The zero-order valence-electron chi connectivity index (χ0n) is 6.65. The molecule has 0 saturated heterocycles. The molecular formula is C9H9ClF2. The minimum atomic E-state index is -0.580. The predicted octanol–water partition coefficient (Wildman–Crippen LogP) is 3.65. The van der Waals surface area contributed by atoms with Crippen molar-refractivity contribution in [3.8, 4) is 0 Å². The number of alkyl halides is 1. The van der Waals surface area contributed by atoms with Crippen LogP contribution in [0.1, 0.15) is 24.3 Å². The van der Waals surface area contributed by atoms with Crippen LogP contribution in [-0.2, 0) is 0 Å². The largest absolute Gasteiger partial charge is 0.207 e. The lowest BCUT2D eigenvalue weighted by Gasteiger charge is -2.06. The molecule has 0 saturated carbocycles. The summed E-state index contributed by atoms with van der Waals surface area (Å²) in [6.07, 6.45) is 0.657. The van der Waals surface area contributed by atoms with Crippen molar-refractivity contribution >= 4 is 11.6 Å². The van der Waals surface area contributed by atoms with Crippen molar-refractivity contribution in [2.75, 3.05) is 0 Å². The van der Waals surface area contributed by atoms with Crippen molar-refractivity contribution < 1.29 is 8.78 Å². The van der Waals surface area contributed by atoms with Gasteiger partial charge >= 0.3 is 0 Å². The van der Waals surface area contributed by atoms with E-state index in [0.29, 0.717) is 12.0 Å². The lowest BCUT2D eigenvalue weighted by Crippen LogP contribution is -1.91. The van der Waals surface area contributed by atoms with E-state index in [1.165, 1.54) is 12.1 Å². The predicted molar refractivity (Wildman–Crippen MR) is 45.2 cm³/mol. The summed E-state index contributed by atoms with van der Waals surface area (Å²) in [5.74, 6) is -1.16. The first-order valence-corrected chi connectivity index (χ1v) is 4.17. The summed E-state index contributed by atoms with van der Waals surface area (Å²) in [6, 6.07) is 3.34. The van der Waals surface area contributed by atoms with E-state index >= 15 is 0 Å². The molecule has 0 aromatic heterocycles. The van der Waals surface area contributed by atoms with Gasteiger partial charge in [0, 0.05) is 6.07 Å². The Hall–Kier alpha value is -0.630. The third-order valence-electron chi connectivity index (χ3n) is 1.61. The van der Waals surface area contributed by atoms with Crippen LogP contribution in [-0.4, -0.2) is 0 Å². The van der Waals surface area contributed by atoms with Crippen LogP contribution in [0.2, 0.25) is 0 Å². The topological polar surface area (TPSA) is 0 Å². The normalized spacial score (nSPS) is 13.0. The highest BCUT2D eigenvalue weighted by molar-refractivity contribution is 6.20. The molecule has 1 aromatic carbocycles. The fraction of sp³-hybridized carbons (Fsp3) is 0.333. The Bertz CT molecular complexity index is 253. The van der Waals surface area contributed by atoms with Crippen LogP contribution in [0, 0.1) is 11.6 Å². The standard InChI is InChI=1S/C9H9ClF2/c1-2-9(10)6-3-7(11)5-8(12)4-6/h3-5,9H,2H2,1H3. The fourth-order valence-corrected chi connectivity index (χ4v) is 1.12. The maximum absolute atomic E-state index is 12.6. The van der Waals surface area contributed by atoms with Gasteiger partial charge in [0.2, 0.25) is 0 Å². The van der Waals surface area contributed by atoms with E-state index in [-0.39, 0.29) is 5.38 Å². The molecule has 0 aliphatic rings. The van der Waals surface area contributed by atoms with Gasteiger partial charge in [0.05, 0.1) is 5.38 Å². The molecule has 0 radical (unpaired) electrons. The van der Waals surface area contributed by atoms with Gasteiger partial charge in [-0.15, -0.1) is 11.6 Å². The number of benzene rings is 1. The molecule has 0 N–H and O–H groups in total. The quantitative estimate of drug-likeness (QED) is 0.625. The van der Waals surface area contributed by atoms with Crippen LogP contribution in [0.4, 0.5) is 8.78 Å². The van der Waals surface area contributed by atoms with E-state index in [2.05, 4.69) is 0 Å². The van der Waals surface area contributed by atoms with E-state index < -0.39 is 11.6 Å². The van der Waals surface area contributed by atoms with Gasteiger partial charge < -0.3 is 0 Å². The van der Waals surface area contributed by atoms with E-state index in [0.717, 1.165) is 6.07 Å². The summed E-state index contributed by atoms with van der Waals surface area (Å²) in [6.45, 7) is 1.86. The molecule has 12 heavy (non-hydrogen) atoms. The Morgan fingerprint density at radius 3 is 2.17 bits per heavy atom. The molecule has 66 valence electrons. The third-order valence-corrected chi connectivity index (χ3v) is 2.17. The molecule has 3 heteroatoms. The van der Waals surface area contributed by atoms with Crippen molar-refractivity contribution in [2.24, 2.45) is 0 Å². The Morgan fingerprint density at radius 2 is 1.75 bits per heavy atom. The number of hydrogen-bond acceptors (Lipinski definition) is 0. The highest BCUT2D eigenvalue weighted by Crippen LogP contribution is 2.24. The van der Waals surface area contributed by atoms with Gasteiger partial charge in [-0.05, 0) is 24.1 Å². The zero-order chi connectivity index (χ0) is 9.14. The van der Waals surface area contributed by atoms with E-state index in [4.69, 9.17) is 11.6 Å². The summed E-state index contributed by atoms with van der Waals surface area (Å²) >= 11 is 5.80. The molecule has 0 heterocycles. The molecule has 1 rings (SSSR count). The van der Waals surface area contributed by atoms with E-state index in [1.807, 2.05) is 6.92 Å². The summed E-state index contributed by atoms with van der Waals surface area (Å²) in [4.78, 5) is 0. The van der Waals surface area contributed by atoms with Crippen molar-refractivity contribution in [3.63, 3.8) is 0 Å². The Morgan fingerprint density at radius 1 is 1.25 bits per heavy atom. The lowest BCUT2D eigenvalue weighted by molar-refractivity contribution is 0.578. The molecule has 1 unspecified atom stereocenters. The molecule has 0 spiro atoms. The first-order valence-electron chi connectivity index (χ1n) is 3.73. The zero-order valence-corrected chi connectivity index (χ0v) is 7.41. The maximum atomic E-state index is 12.6. The summed E-state index contributed by atoms with van der Waals surface area (Å²) in [5.41, 5.74) is 0.497. The maximum Gasteiger partial charge on any atom is 0.126 e. The van der Waals surface area contributed by atoms with Crippen LogP contribution in [0.15, 0.2) is 18.2 Å². The first kappa shape index (κ1) is 9.46. The molecule has 0 fully saturated rings. The highest BCUT2D eigenvalue weighted by atomic mass is 35.5. The smallest absolute Gasteiger partial charge is 0.126 e. The second kappa shape index (κ2) is 3.85. The van der Waals surface area contributed by atoms with Gasteiger partial charge in [-0.1, -0.05) is 6.92 Å². The van der Waals surface area contributed by atoms with Gasteiger partial charge in [0.1, 0.15) is 11.6 Å². The van der Waals surface area contributed by atoms with Crippen LogP contribution in [0.5, 0.6) is 0 Å². The van der Waals surface area contributed by atoms with E-state index in [1.54, 1.807) is 0 Å². The Balaban J connectivity index is 3.00. The van der Waals surface area contributed by atoms with Crippen LogP contribution in [0.25, 0.3) is 0 Å². The van der Waals surface area contributed by atoms with Gasteiger partial charge in [0.25, 0.3) is 0 Å². The van der Waals surface area contributed by atoms with Gasteiger partial charge in [-0.2, -0.15) is 0 Å². The monoisotopic (exact) mass is 190 g/mol. The van der Waals surface area contributed by atoms with Crippen molar-refractivity contribution in [1.82, 2.24) is 0 Å². The van der Waals surface area contributed by atoms with Crippen molar-refractivity contribution in [1.29, 1.82) is 0 Å². The number of halogens is 3. The molecular weight excluding hydrogens is 182 g/mol. The van der Waals surface area contributed by atoms with Gasteiger partial charge in [0.15, 0.2) is 0 Å². The molecule has 0 nitrogen and oxygen atoms in total. The highest BCUT2D eigenvalue weighted by Gasteiger charge is 2.07. The molecule has 1 atom stereocenters. The average molecular weight is 191 g/mol. The average Bonchev–Trinajstić information content (AvgIpc) is 2.01. The minimum Gasteiger partial charge on any atom is -0.207 e. The molecule has 0 amide bonds. The second-order valence-electron chi connectivity index (χ2n) is 2.58. The molecule has 0 aliphatic heterocycles. The summed E-state index contributed by atoms with van der Waals surface area (Å²) in [5, 5.41) is -0.310. The minimum absolute atomic E-state index is 0.310. The fourth-order valence-electron chi connectivity index (χ4n) is 0.992. The summed E-state index contributed by atoms with van der Waals surface area (Å²) < 4.78 is 25.3. The Kier molecular flexibility index (Phi) is 3.04. The van der Waals surface area contributed by atoms with Gasteiger partial charge in [-0.25, -0.2) is 8.78 Å². The van der Waals surface area contributed by atoms with Gasteiger partial charge in [-0.3, -0.25) is 0 Å².